The Hall–Kier alpha value is -0.800. The van der Waals surface area contributed by atoms with Gasteiger partial charge in [-0.15, -0.1) is 0 Å². The third-order valence-corrected chi connectivity index (χ3v) is 2.03. The molecule has 14 heavy (non-hydrogen) atoms. The molecule has 2 nitrogen and oxygen atoms in total. The van der Waals surface area contributed by atoms with Gasteiger partial charge >= 0.3 is 0 Å². The summed E-state index contributed by atoms with van der Waals surface area (Å²) in [6.07, 6.45) is -5.50. The first-order chi connectivity index (χ1) is 9.12. The zero-order valence-corrected chi connectivity index (χ0v) is 8.34. The molecule has 0 aliphatic heterocycles. The van der Waals surface area contributed by atoms with Gasteiger partial charge in [-0.25, -0.2) is 0 Å². The maximum Gasteiger partial charge on any atom is 0.165 e. The minimum Gasteiger partial charge on any atom is -0.294 e. The highest BCUT2D eigenvalue weighted by molar-refractivity contribution is 7.90. The summed E-state index contributed by atoms with van der Waals surface area (Å²) in [4.78, 5) is 11.8. The van der Waals surface area contributed by atoms with Crippen molar-refractivity contribution >= 4 is 17.0 Å². The van der Waals surface area contributed by atoms with Crippen LogP contribution < -0.4 is 0 Å². The summed E-state index contributed by atoms with van der Waals surface area (Å²) in [5.41, 5.74) is 0.485. The van der Waals surface area contributed by atoms with Crippen molar-refractivity contribution in [1.82, 2.24) is 0 Å². The van der Waals surface area contributed by atoms with Gasteiger partial charge < -0.3 is 0 Å². The molecule has 0 atom stereocenters. The standard InChI is InChI=1S/C11H15O2S/c1-14(2)13-9-8-11(12)10-6-4-3-5-7-10/h3-7H,8-9H2,1-2H3/q+1/i1D3,2D3. The second-order valence-electron chi connectivity index (χ2n) is 2.63. The molecule has 0 saturated heterocycles. The van der Waals surface area contributed by atoms with E-state index in [4.69, 9.17) is 12.4 Å². The predicted octanol–water partition coefficient (Wildman–Crippen LogP) is 2.07. The van der Waals surface area contributed by atoms with Gasteiger partial charge in [-0.3, -0.25) is 4.79 Å². The van der Waals surface area contributed by atoms with E-state index in [1.54, 1.807) is 30.3 Å². The van der Waals surface area contributed by atoms with Crippen LogP contribution in [0, 0.1) is 0 Å². The number of ketones is 1. The fraction of sp³-hybridized carbons (Fsp3) is 0.364. The first-order valence-electron chi connectivity index (χ1n) is 7.08. The van der Waals surface area contributed by atoms with Crippen molar-refractivity contribution < 1.29 is 17.2 Å². The molecule has 0 aliphatic rings. The SMILES string of the molecule is [2H]C([2H])([2H])[S+](OCCC(=O)c1ccccc1)C([2H])([2H])[2H]. The van der Waals surface area contributed by atoms with Gasteiger partial charge in [0, 0.05) is 12.0 Å². The number of hydrogen-bond acceptors (Lipinski definition) is 2. The Kier molecular flexibility index (Phi) is 2.22. The van der Waals surface area contributed by atoms with E-state index >= 15 is 0 Å². The minimum absolute atomic E-state index is 0.0559. The van der Waals surface area contributed by atoms with Crippen molar-refractivity contribution in [1.29, 1.82) is 0 Å². The summed E-state index contributed by atoms with van der Waals surface area (Å²) in [6.45, 7) is -0.229. The van der Waals surface area contributed by atoms with Crippen LogP contribution in [0.1, 0.15) is 25.0 Å². The maximum atomic E-state index is 11.8. The fourth-order valence-corrected chi connectivity index (χ4v) is 1.24. The quantitative estimate of drug-likeness (QED) is 0.557. The Labute approximate surface area is 96.3 Å². The molecule has 1 rings (SSSR count). The highest BCUT2D eigenvalue weighted by Gasteiger charge is 2.08. The van der Waals surface area contributed by atoms with E-state index in [1.807, 2.05) is 0 Å². The Morgan fingerprint density at radius 3 is 2.79 bits per heavy atom. The van der Waals surface area contributed by atoms with Crippen LogP contribution in [0.3, 0.4) is 0 Å². The summed E-state index contributed by atoms with van der Waals surface area (Å²) < 4.78 is 48.0. The van der Waals surface area contributed by atoms with Crippen molar-refractivity contribution in [3.8, 4) is 0 Å². The summed E-state index contributed by atoms with van der Waals surface area (Å²) in [7, 11) is 0. The molecule has 0 spiro atoms. The number of Topliss-reactive ketones (excluding diaryl/α,β-unsaturated/α-hetero) is 1. The molecule has 0 fully saturated rings. The largest absolute Gasteiger partial charge is 0.294 e. The molecule has 0 saturated carbocycles. The van der Waals surface area contributed by atoms with Crippen molar-refractivity contribution in [2.24, 2.45) is 0 Å². The summed E-state index contributed by atoms with van der Waals surface area (Å²) in [6, 6.07) is 8.46. The van der Waals surface area contributed by atoms with E-state index < -0.39 is 23.5 Å². The van der Waals surface area contributed by atoms with Crippen LogP contribution in [0.4, 0.5) is 0 Å². The number of hydrogen-bond donors (Lipinski definition) is 0. The highest BCUT2D eigenvalue weighted by Crippen LogP contribution is 2.03. The van der Waals surface area contributed by atoms with Gasteiger partial charge in [0.1, 0.15) is 30.2 Å². The monoisotopic (exact) mass is 217 g/mol. The summed E-state index contributed by atoms with van der Waals surface area (Å²) in [5.74, 6) is -0.217. The highest BCUT2D eigenvalue weighted by atomic mass is 32.2. The molecule has 0 N–H and O–H groups in total. The zero-order chi connectivity index (χ0) is 15.4. The van der Waals surface area contributed by atoms with Gasteiger partial charge in [-0.2, -0.15) is 4.18 Å². The van der Waals surface area contributed by atoms with E-state index in [2.05, 4.69) is 0 Å². The average molecular weight is 217 g/mol. The van der Waals surface area contributed by atoms with Gasteiger partial charge in [0.15, 0.2) is 5.78 Å². The Bertz CT molecular complexity index is 428. The van der Waals surface area contributed by atoms with Gasteiger partial charge in [0.2, 0.25) is 0 Å². The molecule has 0 unspecified atom stereocenters. The zero-order valence-electron chi connectivity index (χ0n) is 13.5. The first kappa shape index (κ1) is 5.33. The van der Waals surface area contributed by atoms with Gasteiger partial charge in [0.25, 0.3) is 0 Å². The molecule has 76 valence electrons. The molecule has 0 radical (unpaired) electrons. The van der Waals surface area contributed by atoms with Crippen LogP contribution >= 0.6 is 0 Å². The van der Waals surface area contributed by atoms with Gasteiger partial charge in [-0.1, -0.05) is 30.3 Å². The third kappa shape index (κ3) is 3.94. The van der Waals surface area contributed by atoms with Crippen LogP contribution in [0.15, 0.2) is 30.3 Å². The van der Waals surface area contributed by atoms with E-state index in [1.165, 1.54) is 0 Å². The van der Waals surface area contributed by atoms with E-state index in [0.29, 0.717) is 5.56 Å². The van der Waals surface area contributed by atoms with Crippen LogP contribution in [0.25, 0.3) is 0 Å². The lowest BCUT2D eigenvalue weighted by Crippen LogP contribution is -2.08. The Morgan fingerprint density at radius 2 is 2.14 bits per heavy atom. The molecule has 3 heteroatoms. The average Bonchev–Trinajstić information content (AvgIpc) is 2.32. The number of benzene rings is 1. The van der Waals surface area contributed by atoms with Crippen molar-refractivity contribution in [3.63, 3.8) is 0 Å². The molecule has 0 aromatic heterocycles. The fourth-order valence-electron chi connectivity index (χ4n) is 0.986. The van der Waals surface area contributed by atoms with Crippen LogP contribution in [0.5, 0.6) is 0 Å². The molecule has 1 aromatic rings. The second kappa shape index (κ2) is 5.83. The molecular weight excluding hydrogens is 196 g/mol. The van der Waals surface area contributed by atoms with Crippen LogP contribution in [-0.4, -0.2) is 24.8 Å². The predicted molar refractivity (Wildman–Crippen MR) is 60.6 cm³/mol. The molecule has 0 heterocycles. The lowest BCUT2D eigenvalue weighted by molar-refractivity contribution is 0.0966. The van der Waals surface area contributed by atoms with Gasteiger partial charge in [-0.05, 0) is 0 Å². The lowest BCUT2D eigenvalue weighted by atomic mass is 10.1. The van der Waals surface area contributed by atoms with Crippen molar-refractivity contribution in [2.45, 2.75) is 6.42 Å². The molecule has 0 bridgehead atoms. The number of rotatable bonds is 5. The summed E-state index contributed by atoms with van der Waals surface area (Å²) >= 11 is -2.18. The van der Waals surface area contributed by atoms with Crippen LogP contribution in [-0.2, 0) is 15.4 Å². The normalized spacial score (nSPS) is 18.6. The number of carbonyl (C=O) groups is 1. The topological polar surface area (TPSA) is 26.3 Å². The Balaban J connectivity index is 2.56. The first-order valence-corrected chi connectivity index (χ1v) is 5.23. The van der Waals surface area contributed by atoms with Gasteiger partial charge in [0.05, 0.1) is 8.22 Å². The molecule has 1 aromatic carbocycles. The second-order valence-corrected chi connectivity index (χ2v) is 3.40. The Morgan fingerprint density at radius 1 is 1.43 bits per heavy atom. The van der Waals surface area contributed by atoms with Crippen LogP contribution in [0.2, 0.25) is 0 Å². The van der Waals surface area contributed by atoms with E-state index in [0.717, 1.165) is 0 Å². The maximum absolute atomic E-state index is 11.8. The minimum atomic E-state index is -2.72. The molecule has 0 aliphatic carbocycles. The molecular formula is C11H15O2S+. The summed E-state index contributed by atoms with van der Waals surface area (Å²) in [5, 5.41) is 0. The molecule has 0 amide bonds. The third-order valence-electron chi connectivity index (χ3n) is 1.63. The smallest absolute Gasteiger partial charge is 0.165 e. The number of carbonyl (C=O) groups excluding carboxylic acids is 1. The van der Waals surface area contributed by atoms with Crippen molar-refractivity contribution in [2.75, 3.05) is 19.0 Å². The van der Waals surface area contributed by atoms with E-state index in [-0.39, 0.29) is 18.8 Å². The van der Waals surface area contributed by atoms with E-state index in [9.17, 15) is 4.79 Å². The lowest BCUT2D eigenvalue weighted by Gasteiger charge is -1.99. The van der Waals surface area contributed by atoms with Crippen molar-refractivity contribution in [3.05, 3.63) is 35.9 Å².